The van der Waals surface area contributed by atoms with E-state index in [2.05, 4.69) is 4.74 Å². The third kappa shape index (κ3) is 5.84. The molecule has 0 bridgehead atoms. The summed E-state index contributed by atoms with van der Waals surface area (Å²) in [6.07, 6.45) is -7.53. The van der Waals surface area contributed by atoms with Gasteiger partial charge in [-0.2, -0.15) is 13.2 Å². The molecule has 3 rings (SSSR count). The molecule has 2 atom stereocenters. The van der Waals surface area contributed by atoms with Crippen molar-refractivity contribution >= 4 is 18.0 Å². The zero-order valence-electron chi connectivity index (χ0n) is 18.1. The Morgan fingerprint density at radius 1 is 1.00 bits per heavy atom. The van der Waals surface area contributed by atoms with Gasteiger partial charge in [-0.1, -0.05) is 48.5 Å². The second kappa shape index (κ2) is 10.6. The van der Waals surface area contributed by atoms with Gasteiger partial charge in [0, 0.05) is 13.0 Å². The molecule has 2 aromatic rings. The van der Waals surface area contributed by atoms with Crippen LogP contribution in [0.5, 0.6) is 0 Å². The van der Waals surface area contributed by atoms with Crippen molar-refractivity contribution in [2.45, 2.75) is 30.6 Å². The summed E-state index contributed by atoms with van der Waals surface area (Å²) < 4.78 is 50.0. The fourth-order valence-corrected chi connectivity index (χ4v) is 3.81. The maximum absolute atomic E-state index is 13.4. The first kappa shape index (κ1) is 25.0. The number of amides is 2. The molecule has 0 spiro atoms. The molecule has 1 aliphatic carbocycles. The third-order valence-corrected chi connectivity index (χ3v) is 5.39. The minimum Gasteiger partial charge on any atom is -0.480 e. The standard InChI is InChI=1S/C23H23F3N2O6/c1-33-12-18(21(30)31)27-20(29)10-19(23(24,25)26)28-22(32)34-11-17-15-8-4-2-6-13(15)14-7-3-5-9-16(14)17/h2-9,17-19H,10-12H2,1H3,(H,27,29)(H,28,32)(H,30,31)/t18-,19?/m0/s1. The number of benzene rings is 2. The van der Waals surface area contributed by atoms with Gasteiger partial charge in [-0.3, -0.25) is 4.79 Å². The molecular weight excluding hydrogens is 457 g/mol. The number of hydrogen-bond acceptors (Lipinski definition) is 5. The Balaban J connectivity index is 1.64. The number of aliphatic carboxylic acids is 1. The van der Waals surface area contributed by atoms with Gasteiger partial charge in [0.2, 0.25) is 5.91 Å². The Labute approximate surface area is 193 Å². The minimum absolute atomic E-state index is 0.203. The van der Waals surface area contributed by atoms with E-state index in [1.807, 2.05) is 53.8 Å². The van der Waals surface area contributed by atoms with Crippen molar-refractivity contribution in [2.75, 3.05) is 20.3 Å². The molecule has 0 aromatic heterocycles. The van der Waals surface area contributed by atoms with Gasteiger partial charge in [0.1, 0.15) is 12.6 Å². The number of methoxy groups -OCH3 is 1. The Morgan fingerprint density at radius 3 is 2.06 bits per heavy atom. The van der Waals surface area contributed by atoms with Gasteiger partial charge in [-0.15, -0.1) is 0 Å². The normalized spacial score (nSPS) is 14.5. The Kier molecular flexibility index (Phi) is 7.77. The predicted octanol–water partition coefficient (Wildman–Crippen LogP) is 3.06. The highest BCUT2D eigenvalue weighted by Crippen LogP contribution is 2.44. The highest BCUT2D eigenvalue weighted by atomic mass is 19.4. The average Bonchev–Trinajstić information content (AvgIpc) is 3.10. The van der Waals surface area contributed by atoms with Crippen molar-refractivity contribution in [2.24, 2.45) is 0 Å². The number of alkyl halides is 3. The minimum atomic E-state index is -4.97. The van der Waals surface area contributed by atoms with E-state index in [0.29, 0.717) is 0 Å². The van der Waals surface area contributed by atoms with Crippen LogP contribution in [0.1, 0.15) is 23.5 Å². The first-order chi connectivity index (χ1) is 16.1. The number of rotatable bonds is 9. The molecule has 2 aromatic carbocycles. The van der Waals surface area contributed by atoms with Crippen LogP contribution in [0.4, 0.5) is 18.0 Å². The van der Waals surface area contributed by atoms with E-state index in [9.17, 15) is 27.6 Å². The number of carboxylic acid groups (broad SMARTS) is 1. The first-order valence-electron chi connectivity index (χ1n) is 10.3. The molecule has 1 unspecified atom stereocenters. The number of ether oxygens (including phenoxy) is 2. The fraction of sp³-hybridized carbons (Fsp3) is 0.348. The Bertz CT molecular complexity index is 1010. The summed E-state index contributed by atoms with van der Waals surface area (Å²) in [4.78, 5) is 35.3. The topological polar surface area (TPSA) is 114 Å². The number of hydrogen-bond donors (Lipinski definition) is 3. The number of carbonyl (C=O) groups excluding carboxylic acids is 2. The van der Waals surface area contributed by atoms with Crippen molar-refractivity contribution < 1.29 is 42.1 Å². The molecule has 0 heterocycles. The van der Waals surface area contributed by atoms with Crippen LogP contribution in [-0.2, 0) is 19.1 Å². The summed E-state index contributed by atoms with van der Waals surface area (Å²) in [6, 6.07) is 10.8. The molecule has 8 nitrogen and oxygen atoms in total. The molecule has 182 valence electrons. The highest BCUT2D eigenvalue weighted by molar-refractivity contribution is 5.84. The highest BCUT2D eigenvalue weighted by Gasteiger charge is 2.43. The zero-order valence-corrected chi connectivity index (χ0v) is 18.1. The van der Waals surface area contributed by atoms with Crippen LogP contribution < -0.4 is 10.6 Å². The fourth-order valence-electron chi connectivity index (χ4n) is 3.81. The van der Waals surface area contributed by atoms with E-state index in [1.165, 1.54) is 7.11 Å². The summed E-state index contributed by atoms with van der Waals surface area (Å²) in [5, 5.41) is 12.6. The maximum atomic E-state index is 13.4. The van der Waals surface area contributed by atoms with Gasteiger partial charge < -0.3 is 25.2 Å². The van der Waals surface area contributed by atoms with Crippen molar-refractivity contribution in [1.82, 2.24) is 10.6 Å². The molecule has 2 amide bonds. The predicted molar refractivity (Wildman–Crippen MR) is 114 cm³/mol. The van der Waals surface area contributed by atoms with Crippen molar-refractivity contribution in [1.29, 1.82) is 0 Å². The summed E-state index contributed by atoms with van der Waals surface area (Å²) in [6.45, 7) is -0.636. The smallest absolute Gasteiger partial charge is 0.409 e. The van der Waals surface area contributed by atoms with Crippen LogP contribution in [0.25, 0.3) is 11.1 Å². The molecule has 0 saturated carbocycles. The quantitative estimate of drug-likeness (QED) is 0.509. The Morgan fingerprint density at radius 2 is 1.56 bits per heavy atom. The summed E-state index contributed by atoms with van der Waals surface area (Å²) >= 11 is 0. The lowest BCUT2D eigenvalue weighted by Gasteiger charge is -2.22. The molecule has 0 aliphatic heterocycles. The van der Waals surface area contributed by atoms with Gasteiger partial charge in [-0.25, -0.2) is 9.59 Å². The van der Waals surface area contributed by atoms with Crippen LogP contribution in [0.2, 0.25) is 0 Å². The number of carbonyl (C=O) groups is 3. The molecule has 1 aliphatic rings. The van der Waals surface area contributed by atoms with Gasteiger partial charge in [0.25, 0.3) is 0 Å². The van der Waals surface area contributed by atoms with E-state index in [0.717, 1.165) is 22.3 Å². The second-order valence-electron chi connectivity index (χ2n) is 7.68. The lowest BCUT2D eigenvalue weighted by molar-refractivity contribution is -0.161. The Hall–Kier alpha value is -3.60. The van der Waals surface area contributed by atoms with Crippen LogP contribution >= 0.6 is 0 Å². The number of carboxylic acids is 1. The lowest BCUT2D eigenvalue weighted by atomic mass is 9.98. The molecular formula is C23H23F3N2O6. The van der Waals surface area contributed by atoms with Crippen LogP contribution in [0, 0.1) is 0 Å². The zero-order chi connectivity index (χ0) is 24.9. The van der Waals surface area contributed by atoms with Gasteiger partial charge >= 0.3 is 18.2 Å². The van der Waals surface area contributed by atoms with E-state index >= 15 is 0 Å². The monoisotopic (exact) mass is 480 g/mol. The third-order valence-electron chi connectivity index (χ3n) is 5.39. The summed E-state index contributed by atoms with van der Waals surface area (Å²) in [7, 11) is 1.18. The van der Waals surface area contributed by atoms with E-state index in [-0.39, 0.29) is 12.5 Å². The number of nitrogens with one attached hydrogen (secondary N) is 2. The first-order valence-corrected chi connectivity index (χ1v) is 10.3. The number of fused-ring (bicyclic) bond motifs is 3. The van der Waals surface area contributed by atoms with Crippen LogP contribution in [0.3, 0.4) is 0 Å². The maximum Gasteiger partial charge on any atom is 0.409 e. The number of halogens is 3. The van der Waals surface area contributed by atoms with E-state index in [4.69, 9.17) is 9.84 Å². The van der Waals surface area contributed by atoms with E-state index in [1.54, 1.807) is 5.32 Å². The molecule has 0 fully saturated rings. The molecule has 3 N–H and O–H groups in total. The van der Waals surface area contributed by atoms with E-state index < -0.39 is 49.3 Å². The second-order valence-corrected chi connectivity index (χ2v) is 7.68. The summed E-state index contributed by atoms with van der Waals surface area (Å²) in [5.74, 6) is -3.04. The number of alkyl carbamates (subject to hydrolysis) is 1. The van der Waals surface area contributed by atoms with Gasteiger partial charge in [0.05, 0.1) is 13.0 Å². The molecule has 0 radical (unpaired) electrons. The lowest BCUT2D eigenvalue weighted by Crippen LogP contribution is -2.51. The van der Waals surface area contributed by atoms with Crippen molar-refractivity contribution in [3.8, 4) is 11.1 Å². The van der Waals surface area contributed by atoms with Crippen LogP contribution in [0.15, 0.2) is 48.5 Å². The SMILES string of the molecule is COC[C@H](NC(=O)CC(NC(=O)OCC1c2ccccc2-c2ccccc21)C(F)(F)F)C(=O)O. The summed E-state index contributed by atoms with van der Waals surface area (Å²) in [5.41, 5.74) is 3.70. The molecule has 0 saturated heterocycles. The van der Waals surface area contributed by atoms with Crippen molar-refractivity contribution in [3.63, 3.8) is 0 Å². The average molecular weight is 480 g/mol. The largest absolute Gasteiger partial charge is 0.480 e. The van der Waals surface area contributed by atoms with Crippen molar-refractivity contribution in [3.05, 3.63) is 59.7 Å². The molecule has 11 heteroatoms. The van der Waals surface area contributed by atoms with Gasteiger partial charge in [0.15, 0.2) is 6.04 Å². The molecule has 34 heavy (non-hydrogen) atoms. The van der Waals surface area contributed by atoms with Crippen LogP contribution in [-0.4, -0.2) is 61.7 Å². The van der Waals surface area contributed by atoms with Gasteiger partial charge in [-0.05, 0) is 22.3 Å².